The number of likely N-dealkylation sites (N-methyl/N-ethyl adjacent to an activating group) is 1. The number of hydrogen-bond acceptors (Lipinski definition) is 8. The van der Waals surface area contributed by atoms with Gasteiger partial charge < -0.3 is 9.32 Å². The summed E-state index contributed by atoms with van der Waals surface area (Å²) in [6.45, 7) is 7.95. The van der Waals surface area contributed by atoms with E-state index in [1.807, 2.05) is 25.8 Å². The van der Waals surface area contributed by atoms with Crippen molar-refractivity contribution in [3.05, 3.63) is 51.7 Å². The Morgan fingerprint density at radius 3 is 2.78 bits per heavy atom. The topological polar surface area (TPSA) is 91.6 Å². The predicted molar refractivity (Wildman–Crippen MR) is 122 cm³/mol. The first-order chi connectivity index (χ1) is 15.1. The lowest BCUT2D eigenvalue weighted by Crippen LogP contribution is -2.35. The molecule has 11 heteroatoms. The number of sulfonamides is 1. The number of oxazole rings is 1. The third-order valence-corrected chi connectivity index (χ3v) is 7.72. The van der Waals surface area contributed by atoms with E-state index in [4.69, 9.17) is 4.42 Å². The third-order valence-electron chi connectivity index (χ3n) is 5.76. The van der Waals surface area contributed by atoms with Gasteiger partial charge in [-0.25, -0.2) is 22.8 Å². The minimum atomic E-state index is -4.07. The maximum Gasteiger partial charge on any atom is 0.266 e. The fourth-order valence-corrected chi connectivity index (χ4v) is 5.79. The van der Waals surface area contributed by atoms with Gasteiger partial charge in [-0.2, -0.15) is 0 Å². The van der Waals surface area contributed by atoms with Crippen LogP contribution in [0.5, 0.6) is 0 Å². The fourth-order valence-electron chi connectivity index (χ4n) is 4.09. The van der Waals surface area contributed by atoms with E-state index in [0.29, 0.717) is 23.7 Å². The van der Waals surface area contributed by atoms with Crippen LogP contribution in [0.25, 0.3) is 0 Å². The number of likely N-dealkylation sites (tertiary alicyclic amines) is 1. The van der Waals surface area contributed by atoms with E-state index in [-0.39, 0.29) is 16.8 Å². The van der Waals surface area contributed by atoms with Crippen molar-refractivity contribution in [1.29, 1.82) is 0 Å². The van der Waals surface area contributed by atoms with Crippen molar-refractivity contribution < 1.29 is 17.2 Å². The van der Waals surface area contributed by atoms with Crippen molar-refractivity contribution in [3.8, 4) is 0 Å². The Bertz CT molecular complexity index is 1210. The lowest BCUT2D eigenvalue weighted by atomic mass is 10.1. The van der Waals surface area contributed by atoms with Crippen molar-refractivity contribution in [1.82, 2.24) is 14.9 Å². The average Bonchev–Trinajstić information content (AvgIpc) is 3.45. The van der Waals surface area contributed by atoms with Gasteiger partial charge >= 0.3 is 0 Å². The van der Waals surface area contributed by atoms with Gasteiger partial charge in [0.25, 0.3) is 10.0 Å². The van der Waals surface area contributed by atoms with Gasteiger partial charge in [0.05, 0.1) is 11.2 Å². The van der Waals surface area contributed by atoms with Crippen LogP contribution >= 0.6 is 11.3 Å². The Kier molecular flexibility index (Phi) is 6.24. The number of benzene rings is 1. The number of anilines is 2. The number of halogens is 1. The SMILES string of the molecule is Cc1nc(CN2CC[C@H](N(C)c3cc(F)c(S(=O)(=O)Nc4cscn4)cc3C)C2)c(C)o1. The van der Waals surface area contributed by atoms with Crippen LogP contribution in [0.15, 0.2) is 32.3 Å². The first-order valence-electron chi connectivity index (χ1n) is 10.2. The fraction of sp³-hybridized carbons (Fsp3) is 0.429. The van der Waals surface area contributed by atoms with Crippen LogP contribution < -0.4 is 9.62 Å². The van der Waals surface area contributed by atoms with Crippen molar-refractivity contribution in [3.63, 3.8) is 0 Å². The minimum Gasteiger partial charge on any atom is -0.446 e. The van der Waals surface area contributed by atoms with Gasteiger partial charge in [0.15, 0.2) is 11.7 Å². The highest BCUT2D eigenvalue weighted by atomic mass is 32.2. The van der Waals surface area contributed by atoms with Gasteiger partial charge in [0, 0.05) is 50.7 Å². The summed E-state index contributed by atoms with van der Waals surface area (Å²) in [5, 5.41) is 1.55. The minimum absolute atomic E-state index is 0.178. The van der Waals surface area contributed by atoms with Crippen LogP contribution in [0.4, 0.5) is 15.9 Å². The summed E-state index contributed by atoms with van der Waals surface area (Å²) in [5.41, 5.74) is 3.81. The Labute approximate surface area is 191 Å². The van der Waals surface area contributed by atoms with Crippen LogP contribution in [0.3, 0.4) is 0 Å². The smallest absolute Gasteiger partial charge is 0.266 e. The molecule has 1 aliphatic rings. The number of thiazole rings is 1. The quantitative estimate of drug-likeness (QED) is 0.552. The number of aryl methyl sites for hydroxylation is 3. The molecule has 0 spiro atoms. The molecule has 3 aromatic rings. The lowest BCUT2D eigenvalue weighted by molar-refractivity contribution is 0.320. The Morgan fingerprint density at radius 1 is 1.34 bits per heavy atom. The highest BCUT2D eigenvalue weighted by Crippen LogP contribution is 2.30. The molecule has 1 aromatic carbocycles. The molecule has 172 valence electrons. The van der Waals surface area contributed by atoms with Crippen LogP contribution in [0.2, 0.25) is 0 Å². The zero-order valence-corrected chi connectivity index (χ0v) is 20.1. The molecule has 0 radical (unpaired) electrons. The maximum atomic E-state index is 14.9. The van der Waals surface area contributed by atoms with E-state index in [1.54, 1.807) is 12.3 Å². The van der Waals surface area contributed by atoms with Crippen LogP contribution in [0, 0.1) is 26.6 Å². The molecule has 4 rings (SSSR count). The van der Waals surface area contributed by atoms with E-state index < -0.39 is 15.8 Å². The Morgan fingerprint density at radius 2 is 2.12 bits per heavy atom. The van der Waals surface area contributed by atoms with Gasteiger partial charge in [-0.1, -0.05) is 0 Å². The molecule has 0 amide bonds. The molecule has 1 fully saturated rings. The average molecular weight is 480 g/mol. The molecule has 1 atom stereocenters. The van der Waals surface area contributed by atoms with E-state index in [0.717, 1.165) is 31.0 Å². The second kappa shape index (κ2) is 8.80. The first kappa shape index (κ1) is 22.7. The number of nitrogens with zero attached hydrogens (tertiary/aromatic N) is 4. The molecule has 0 aliphatic carbocycles. The molecular weight excluding hydrogens is 453 g/mol. The summed E-state index contributed by atoms with van der Waals surface area (Å²) in [4.78, 5) is 12.3. The van der Waals surface area contributed by atoms with E-state index >= 15 is 0 Å². The molecule has 0 unspecified atom stereocenters. The van der Waals surface area contributed by atoms with Crippen molar-refractivity contribution in [2.75, 3.05) is 29.8 Å². The molecule has 1 saturated heterocycles. The molecule has 1 aliphatic heterocycles. The highest BCUT2D eigenvalue weighted by molar-refractivity contribution is 7.92. The van der Waals surface area contributed by atoms with Gasteiger partial charge in [-0.15, -0.1) is 11.3 Å². The monoisotopic (exact) mass is 479 g/mol. The largest absolute Gasteiger partial charge is 0.446 e. The molecule has 32 heavy (non-hydrogen) atoms. The number of nitrogens with one attached hydrogen (secondary N) is 1. The number of hydrogen-bond donors (Lipinski definition) is 1. The van der Waals surface area contributed by atoms with Crippen molar-refractivity contribution in [2.45, 2.75) is 44.7 Å². The third kappa shape index (κ3) is 4.64. The van der Waals surface area contributed by atoms with Crippen molar-refractivity contribution in [2.24, 2.45) is 0 Å². The number of aromatic nitrogens is 2. The molecule has 8 nitrogen and oxygen atoms in total. The van der Waals surface area contributed by atoms with E-state index in [2.05, 4.69) is 19.6 Å². The second-order valence-corrected chi connectivity index (χ2v) is 10.4. The van der Waals surface area contributed by atoms with Crippen molar-refractivity contribution >= 4 is 32.9 Å². The summed E-state index contributed by atoms with van der Waals surface area (Å²) in [6.07, 6.45) is 0.916. The van der Waals surface area contributed by atoms with Gasteiger partial charge in [-0.3, -0.25) is 9.62 Å². The first-order valence-corrected chi connectivity index (χ1v) is 12.7. The van der Waals surface area contributed by atoms with E-state index in [1.165, 1.54) is 29.0 Å². The van der Waals surface area contributed by atoms with Crippen LogP contribution in [0.1, 0.15) is 29.3 Å². The normalized spacial score (nSPS) is 17.1. The second-order valence-electron chi connectivity index (χ2n) is 8.07. The van der Waals surface area contributed by atoms with Gasteiger partial charge in [0.1, 0.15) is 16.5 Å². The zero-order valence-electron chi connectivity index (χ0n) is 18.4. The summed E-state index contributed by atoms with van der Waals surface area (Å²) in [6, 6.07) is 2.86. The Hall–Kier alpha value is -2.50. The summed E-state index contributed by atoms with van der Waals surface area (Å²) in [5.74, 6) is 0.886. The molecule has 0 bridgehead atoms. The summed E-state index contributed by atoms with van der Waals surface area (Å²) >= 11 is 1.25. The molecule has 1 N–H and O–H groups in total. The van der Waals surface area contributed by atoms with Gasteiger partial charge in [0.2, 0.25) is 0 Å². The Balaban J connectivity index is 1.49. The maximum absolute atomic E-state index is 14.9. The molecule has 2 aromatic heterocycles. The van der Waals surface area contributed by atoms with Crippen LogP contribution in [-0.2, 0) is 16.6 Å². The molecule has 3 heterocycles. The van der Waals surface area contributed by atoms with E-state index in [9.17, 15) is 12.8 Å². The number of rotatable bonds is 7. The summed E-state index contributed by atoms with van der Waals surface area (Å²) in [7, 11) is -2.15. The predicted octanol–water partition coefficient (Wildman–Crippen LogP) is 3.71. The zero-order chi connectivity index (χ0) is 23.0. The molecular formula is C21H26FN5O3S2. The highest BCUT2D eigenvalue weighted by Gasteiger charge is 2.29. The van der Waals surface area contributed by atoms with Crippen LogP contribution in [-0.4, -0.2) is 49.5 Å². The lowest BCUT2D eigenvalue weighted by Gasteiger charge is -2.29. The standard InChI is InChI=1S/C21H26FN5O3S2/c1-13-7-20(32(28,29)25-21-11-31-12-23-21)17(22)8-19(13)26(4)16-5-6-27(9-16)10-18-14(2)30-15(3)24-18/h7-8,11-12,16,25H,5-6,9-10H2,1-4H3/t16-/m0/s1. The van der Waals surface area contributed by atoms with Gasteiger partial charge in [-0.05, 0) is 38.0 Å². The molecule has 0 saturated carbocycles. The summed E-state index contributed by atoms with van der Waals surface area (Å²) < 4.78 is 48.0.